The second-order valence-electron chi connectivity index (χ2n) is 4.68. The highest BCUT2D eigenvalue weighted by Gasteiger charge is 2.19. The number of aromatic nitrogens is 3. The molecule has 0 saturated heterocycles. The first-order valence-corrected chi connectivity index (χ1v) is 7.99. The van der Waals surface area contributed by atoms with E-state index in [4.69, 9.17) is 9.56 Å². The van der Waals surface area contributed by atoms with Crippen molar-refractivity contribution in [3.05, 3.63) is 36.4 Å². The lowest BCUT2D eigenvalue weighted by Gasteiger charge is -2.05. The van der Waals surface area contributed by atoms with E-state index >= 15 is 0 Å². The van der Waals surface area contributed by atoms with Crippen LogP contribution in [-0.4, -0.2) is 23.2 Å². The first-order valence-electron chi connectivity index (χ1n) is 6.45. The van der Waals surface area contributed by atoms with E-state index in [0.717, 1.165) is 18.5 Å². The Hall–Kier alpha value is -2.19. The number of hydrogen-bond donors (Lipinski definition) is 1. The van der Waals surface area contributed by atoms with Gasteiger partial charge in [-0.15, -0.1) is 5.10 Å². The number of rotatable bonds is 4. The molecule has 0 unspecified atom stereocenters. The van der Waals surface area contributed by atoms with Crippen LogP contribution >= 0.6 is 0 Å². The quantitative estimate of drug-likeness (QED) is 0.788. The summed E-state index contributed by atoms with van der Waals surface area (Å²) in [5.74, 6) is 0. The number of aryl methyl sites for hydroxylation is 1. The fourth-order valence-electron chi connectivity index (χ4n) is 2.44. The van der Waals surface area contributed by atoms with Gasteiger partial charge in [-0.05, 0) is 24.6 Å². The molecule has 2 heterocycles. The first-order chi connectivity index (χ1) is 10.0. The molecule has 0 aliphatic rings. The number of primary sulfonamides is 1. The van der Waals surface area contributed by atoms with E-state index in [1.165, 1.54) is 12.5 Å². The van der Waals surface area contributed by atoms with Gasteiger partial charge in [-0.3, -0.25) is 4.57 Å². The normalized spacial score (nSPS) is 12.1. The Morgan fingerprint density at radius 1 is 1.38 bits per heavy atom. The molecular weight excluding hydrogens is 292 g/mol. The van der Waals surface area contributed by atoms with E-state index in [1.54, 1.807) is 16.7 Å². The number of fused-ring (bicyclic) bond motifs is 1. The lowest BCUT2D eigenvalue weighted by molar-refractivity contribution is 0.523. The summed E-state index contributed by atoms with van der Waals surface area (Å²) in [6.45, 7) is 2.04. The van der Waals surface area contributed by atoms with Crippen molar-refractivity contribution in [3.63, 3.8) is 0 Å². The van der Waals surface area contributed by atoms with Gasteiger partial charge in [0.1, 0.15) is 0 Å². The van der Waals surface area contributed by atoms with Crippen molar-refractivity contribution in [3.8, 4) is 6.01 Å². The fraction of sp³-hybridized carbons (Fsp3) is 0.231. The maximum atomic E-state index is 11.7. The highest BCUT2D eigenvalue weighted by atomic mass is 32.2. The number of nitrogens with two attached hydrogens (primary N) is 1. The molecule has 8 heteroatoms. The molecule has 0 fully saturated rings. The van der Waals surface area contributed by atoms with E-state index in [-0.39, 0.29) is 4.90 Å². The third kappa shape index (κ3) is 2.32. The number of sulfonamides is 1. The van der Waals surface area contributed by atoms with E-state index in [0.29, 0.717) is 16.9 Å². The van der Waals surface area contributed by atoms with Crippen molar-refractivity contribution in [2.24, 2.45) is 5.14 Å². The Balaban J connectivity index is 2.38. The van der Waals surface area contributed by atoms with Crippen LogP contribution < -0.4 is 5.14 Å². The molecule has 2 N–H and O–H groups in total. The van der Waals surface area contributed by atoms with Crippen molar-refractivity contribution in [1.29, 1.82) is 0 Å². The van der Waals surface area contributed by atoms with E-state index < -0.39 is 10.0 Å². The molecule has 21 heavy (non-hydrogen) atoms. The molecule has 0 bridgehead atoms. The summed E-state index contributed by atoms with van der Waals surface area (Å²) in [5.41, 5.74) is 1.57. The standard InChI is InChI=1S/C13H14N4O3S/c1-2-4-9-7-10-11(17(9)13-16-15-8-20-13)5-3-6-12(10)21(14,18)19/h3,5-8H,2,4H2,1H3,(H2,14,18,19). The van der Waals surface area contributed by atoms with Crippen LogP contribution in [-0.2, 0) is 16.4 Å². The molecule has 0 radical (unpaired) electrons. The lowest BCUT2D eigenvalue weighted by atomic mass is 10.2. The topological polar surface area (TPSA) is 104 Å². The van der Waals surface area contributed by atoms with Gasteiger partial charge in [0, 0.05) is 11.1 Å². The van der Waals surface area contributed by atoms with Gasteiger partial charge < -0.3 is 4.42 Å². The maximum Gasteiger partial charge on any atom is 0.327 e. The molecule has 2 aromatic heterocycles. The molecule has 3 rings (SSSR count). The van der Waals surface area contributed by atoms with Crippen LogP contribution in [0.3, 0.4) is 0 Å². The smallest absolute Gasteiger partial charge is 0.327 e. The minimum atomic E-state index is -3.80. The number of benzene rings is 1. The Labute approximate surface area is 121 Å². The van der Waals surface area contributed by atoms with Gasteiger partial charge in [0.15, 0.2) is 0 Å². The molecule has 0 amide bonds. The summed E-state index contributed by atoms with van der Waals surface area (Å²) in [6.07, 6.45) is 2.89. The van der Waals surface area contributed by atoms with Crippen molar-refractivity contribution in [1.82, 2.24) is 14.8 Å². The van der Waals surface area contributed by atoms with Crippen molar-refractivity contribution in [2.45, 2.75) is 24.7 Å². The van der Waals surface area contributed by atoms with E-state index in [2.05, 4.69) is 10.2 Å². The van der Waals surface area contributed by atoms with Crippen LogP contribution in [0.25, 0.3) is 16.9 Å². The first kappa shape index (κ1) is 13.8. The number of nitrogens with zero attached hydrogens (tertiary/aromatic N) is 3. The molecule has 0 saturated carbocycles. The second-order valence-corrected chi connectivity index (χ2v) is 6.21. The molecule has 3 aromatic rings. The Morgan fingerprint density at radius 3 is 2.81 bits per heavy atom. The highest BCUT2D eigenvalue weighted by Crippen LogP contribution is 2.29. The summed E-state index contributed by atoms with van der Waals surface area (Å²) in [4.78, 5) is 0.0932. The average Bonchev–Trinajstić information content (AvgIpc) is 3.03. The summed E-state index contributed by atoms with van der Waals surface area (Å²) in [6, 6.07) is 7.05. The Morgan fingerprint density at radius 2 is 2.19 bits per heavy atom. The summed E-state index contributed by atoms with van der Waals surface area (Å²) in [7, 11) is -3.80. The SMILES string of the molecule is CCCc1cc2c(S(N)(=O)=O)cccc2n1-c1nnco1. The third-order valence-corrected chi connectivity index (χ3v) is 4.20. The minimum absolute atomic E-state index is 0.0932. The van der Waals surface area contributed by atoms with E-state index in [1.807, 2.05) is 13.0 Å². The highest BCUT2D eigenvalue weighted by molar-refractivity contribution is 7.89. The monoisotopic (exact) mass is 306 g/mol. The second kappa shape index (κ2) is 4.97. The van der Waals surface area contributed by atoms with E-state index in [9.17, 15) is 8.42 Å². The van der Waals surface area contributed by atoms with Crippen LogP contribution in [0.15, 0.2) is 40.0 Å². The van der Waals surface area contributed by atoms with Gasteiger partial charge in [-0.25, -0.2) is 13.6 Å². The van der Waals surface area contributed by atoms with Gasteiger partial charge in [-0.1, -0.05) is 24.5 Å². The average molecular weight is 306 g/mol. The molecule has 0 aliphatic heterocycles. The Kier molecular flexibility index (Phi) is 3.26. The molecule has 0 spiro atoms. The predicted octanol–water partition coefficient (Wildman–Crippen LogP) is 1.61. The van der Waals surface area contributed by atoms with Crippen LogP contribution in [0.5, 0.6) is 0 Å². The zero-order valence-corrected chi connectivity index (χ0v) is 12.2. The summed E-state index contributed by atoms with van der Waals surface area (Å²) >= 11 is 0. The van der Waals surface area contributed by atoms with Gasteiger partial charge in [0.2, 0.25) is 16.4 Å². The molecule has 0 atom stereocenters. The van der Waals surface area contributed by atoms with Gasteiger partial charge >= 0.3 is 6.01 Å². The predicted molar refractivity (Wildman–Crippen MR) is 76.5 cm³/mol. The van der Waals surface area contributed by atoms with Crippen molar-refractivity contribution >= 4 is 20.9 Å². The summed E-state index contributed by atoms with van der Waals surface area (Å²) in [5, 5.41) is 13.4. The lowest BCUT2D eigenvalue weighted by Crippen LogP contribution is -2.12. The van der Waals surface area contributed by atoms with Crippen molar-refractivity contribution in [2.75, 3.05) is 0 Å². The molecule has 0 aliphatic carbocycles. The fourth-order valence-corrected chi connectivity index (χ4v) is 3.18. The van der Waals surface area contributed by atoms with Gasteiger partial charge in [0.25, 0.3) is 0 Å². The molecule has 110 valence electrons. The zero-order valence-electron chi connectivity index (χ0n) is 11.4. The maximum absolute atomic E-state index is 11.7. The third-order valence-electron chi connectivity index (χ3n) is 3.23. The van der Waals surface area contributed by atoms with Crippen molar-refractivity contribution < 1.29 is 12.8 Å². The number of hydrogen-bond acceptors (Lipinski definition) is 5. The van der Waals surface area contributed by atoms with Crippen LogP contribution in [0.2, 0.25) is 0 Å². The largest absolute Gasteiger partial charge is 0.410 e. The summed E-state index contributed by atoms with van der Waals surface area (Å²) < 4.78 is 30.5. The Bertz CT molecular complexity index is 882. The van der Waals surface area contributed by atoms with Gasteiger partial charge in [-0.2, -0.15) is 0 Å². The zero-order chi connectivity index (χ0) is 15.0. The van der Waals surface area contributed by atoms with Crippen LogP contribution in [0, 0.1) is 0 Å². The molecule has 7 nitrogen and oxygen atoms in total. The molecule has 1 aromatic carbocycles. The van der Waals surface area contributed by atoms with Gasteiger partial charge in [0.05, 0.1) is 10.4 Å². The van der Waals surface area contributed by atoms with Crippen LogP contribution in [0.4, 0.5) is 0 Å². The molecular formula is C13H14N4O3S. The van der Waals surface area contributed by atoms with Crippen LogP contribution in [0.1, 0.15) is 19.0 Å². The minimum Gasteiger partial charge on any atom is -0.410 e.